The monoisotopic (exact) mass is 161 g/mol. The molecule has 0 rings (SSSR count). The van der Waals surface area contributed by atoms with Gasteiger partial charge in [-0.1, -0.05) is 13.3 Å². The van der Waals surface area contributed by atoms with Gasteiger partial charge in [-0.2, -0.15) is 0 Å². The van der Waals surface area contributed by atoms with E-state index >= 15 is 0 Å². The Kier molecular flexibility index (Phi) is 4.17. The number of unbranched alkanes of at least 4 members (excludes halogenated alkanes) is 1. The summed E-state index contributed by atoms with van der Waals surface area (Å²) in [5.41, 5.74) is 0. The summed E-state index contributed by atoms with van der Waals surface area (Å²) in [6.45, 7) is 1.86. The highest BCUT2D eigenvalue weighted by Gasteiger charge is 2.27. The Morgan fingerprint density at radius 3 is 2.55 bits per heavy atom. The second kappa shape index (κ2) is 4.65. The summed E-state index contributed by atoms with van der Waals surface area (Å²) >= 11 is 0. The molecule has 1 unspecified atom stereocenters. The lowest BCUT2D eigenvalue weighted by Crippen LogP contribution is -2.28. The molecule has 5 nitrogen and oxygen atoms in total. The van der Waals surface area contributed by atoms with Crippen LogP contribution in [0.2, 0.25) is 0 Å². The van der Waals surface area contributed by atoms with E-state index in [4.69, 9.17) is 5.11 Å². The Labute approximate surface area is 64.2 Å². The number of rotatable bonds is 5. The summed E-state index contributed by atoms with van der Waals surface area (Å²) < 4.78 is 0. The highest BCUT2D eigenvalue weighted by atomic mass is 16.6. The van der Waals surface area contributed by atoms with Gasteiger partial charge in [-0.25, -0.2) is 4.79 Å². The van der Waals surface area contributed by atoms with E-state index < -0.39 is 16.9 Å². The van der Waals surface area contributed by atoms with E-state index in [2.05, 4.69) is 0 Å². The fraction of sp³-hybridized carbons (Fsp3) is 0.833. The van der Waals surface area contributed by atoms with Crippen molar-refractivity contribution in [3.8, 4) is 0 Å². The summed E-state index contributed by atoms with van der Waals surface area (Å²) in [6.07, 6.45) is 1.48. The van der Waals surface area contributed by atoms with Gasteiger partial charge in [0.1, 0.15) is 0 Å². The zero-order valence-electron chi connectivity index (χ0n) is 6.32. The van der Waals surface area contributed by atoms with E-state index in [0.29, 0.717) is 6.42 Å². The zero-order valence-corrected chi connectivity index (χ0v) is 6.32. The highest BCUT2D eigenvalue weighted by Crippen LogP contribution is 2.03. The number of nitrogens with zero attached hydrogens (tertiary/aromatic N) is 1. The van der Waals surface area contributed by atoms with Gasteiger partial charge in [0.2, 0.25) is 0 Å². The molecule has 0 fully saturated rings. The van der Waals surface area contributed by atoms with E-state index in [1.165, 1.54) is 0 Å². The standard InChI is InChI=1S/C6H11NO4/c1-2-3-4-5(6(8)9)7(10)11/h5H,2-4H2,1H3,(H,8,9). The average Bonchev–Trinajstić information content (AvgIpc) is 1.87. The van der Waals surface area contributed by atoms with Crippen molar-refractivity contribution in [3.05, 3.63) is 10.1 Å². The average molecular weight is 161 g/mol. The van der Waals surface area contributed by atoms with Crippen LogP contribution < -0.4 is 0 Å². The molecule has 0 aliphatic heterocycles. The third-order valence-electron chi connectivity index (χ3n) is 1.37. The molecule has 0 radical (unpaired) electrons. The van der Waals surface area contributed by atoms with Gasteiger partial charge < -0.3 is 5.11 Å². The zero-order chi connectivity index (χ0) is 8.85. The van der Waals surface area contributed by atoms with Crippen molar-refractivity contribution in [1.82, 2.24) is 0 Å². The summed E-state index contributed by atoms with van der Waals surface area (Å²) in [7, 11) is 0. The van der Waals surface area contributed by atoms with Gasteiger partial charge in [0.25, 0.3) is 0 Å². The minimum atomic E-state index is -1.42. The van der Waals surface area contributed by atoms with E-state index in [9.17, 15) is 14.9 Å². The Morgan fingerprint density at radius 1 is 1.73 bits per heavy atom. The topological polar surface area (TPSA) is 80.4 Å². The first-order valence-corrected chi connectivity index (χ1v) is 3.46. The normalized spacial score (nSPS) is 12.5. The predicted octanol–water partition coefficient (Wildman–Crippen LogP) is 0.906. The summed E-state index contributed by atoms with van der Waals surface area (Å²) in [5, 5.41) is 18.4. The van der Waals surface area contributed by atoms with Gasteiger partial charge in [0.05, 0.1) is 0 Å². The largest absolute Gasteiger partial charge is 0.476 e. The molecule has 0 aromatic rings. The maximum atomic E-state index is 10.2. The molecule has 0 saturated heterocycles. The SMILES string of the molecule is CCCCC(C(=O)O)[N+](=O)[O-]. The Morgan fingerprint density at radius 2 is 2.27 bits per heavy atom. The number of aliphatic carboxylic acids is 1. The summed E-state index contributed by atoms with van der Waals surface area (Å²) in [5.74, 6) is -1.34. The van der Waals surface area contributed by atoms with Gasteiger partial charge in [-0.15, -0.1) is 0 Å². The van der Waals surface area contributed by atoms with E-state index in [0.717, 1.165) is 6.42 Å². The lowest BCUT2D eigenvalue weighted by molar-refractivity contribution is -0.511. The minimum Gasteiger partial charge on any atom is -0.476 e. The van der Waals surface area contributed by atoms with Crippen LogP contribution in [-0.2, 0) is 4.79 Å². The minimum absolute atomic E-state index is 0.124. The third kappa shape index (κ3) is 3.54. The second-order valence-electron chi connectivity index (χ2n) is 2.28. The van der Waals surface area contributed by atoms with Crippen LogP contribution in [0, 0.1) is 10.1 Å². The molecular formula is C6H11NO4. The van der Waals surface area contributed by atoms with E-state index in [1.807, 2.05) is 6.92 Å². The summed E-state index contributed by atoms with van der Waals surface area (Å²) in [6, 6.07) is -1.42. The molecule has 64 valence electrons. The van der Waals surface area contributed by atoms with E-state index in [1.54, 1.807) is 0 Å². The maximum Gasteiger partial charge on any atom is 0.379 e. The van der Waals surface area contributed by atoms with Crippen LogP contribution in [0.4, 0.5) is 0 Å². The smallest absolute Gasteiger partial charge is 0.379 e. The summed E-state index contributed by atoms with van der Waals surface area (Å²) in [4.78, 5) is 19.5. The van der Waals surface area contributed by atoms with Crippen LogP contribution in [0.5, 0.6) is 0 Å². The Bertz CT molecular complexity index is 143. The number of carbonyl (C=O) groups is 1. The fourth-order valence-electron chi connectivity index (χ4n) is 0.717. The molecule has 0 heterocycles. The van der Waals surface area contributed by atoms with Crippen LogP contribution in [0.15, 0.2) is 0 Å². The number of nitro groups is 1. The lowest BCUT2D eigenvalue weighted by atomic mass is 10.1. The second-order valence-corrected chi connectivity index (χ2v) is 2.28. The maximum absolute atomic E-state index is 10.2. The lowest BCUT2D eigenvalue weighted by Gasteiger charge is -2.01. The molecule has 0 aliphatic carbocycles. The molecule has 11 heavy (non-hydrogen) atoms. The van der Waals surface area contributed by atoms with Crippen molar-refractivity contribution in [1.29, 1.82) is 0 Å². The van der Waals surface area contributed by atoms with Gasteiger partial charge in [-0.3, -0.25) is 10.1 Å². The molecule has 0 aromatic heterocycles. The van der Waals surface area contributed by atoms with Crippen molar-refractivity contribution in [2.45, 2.75) is 32.2 Å². The number of carboxylic acid groups (broad SMARTS) is 1. The van der Waals surface area contributed by atoms with Crippen LogP contribution in [0.1, 0.15) is 26.2 Å². The Hall–Kier alpha value is -1.13. The number of carboxylic acids is 1. The van der Waals surface area contributed by atoms with Gasteiger partial charge >= 0.3 is 12.0 Å². The van der Waals surface area contributed by atoms with Gasteiger partial charge in [-0.05, 0) is 6.42 Å². The first kappa shape index (κ1) is 9.87. The van der Waals surface area contributed by atoms with Crippen LogP contribution in [0.25, 0.3) is 0 Å². The molecule has 0 bridgehead atoms. The Balaban J connectivity index is 3.90. The van der Waals surface area contributed by atoms with Gasteiger partial charge in [0, 0.05) is 11.3 Å². The molecule has 0 amide bonds. The molecule has 0 saturated carbocycles. The van der Waals surface area contributed by atoms with Crippen LogP contribution >= 0.6 is 0 Å². The molecular weight excluding hydrogens is 150 g/mol. The number of hydrogen-bond donors (Lipinski definition) is 1. The van der Waals surface area contributed by atoms with Crippen molar-refractivity contribution in [3.63, 3.8) is 0 Å². The van der Waals surface area contributed by atoms with Crippen LogP contribution in [0.3, 0.4) is 0 Å². The first-order chi connectivity index (χ1) is 5.09. The van der Waals surface area contributed by atoms with Crippen molar-refractivity contribution < 1.29 is 14.8 Å². The molecule has 0 aliphatic rings. The third-order valence-corrected chi connectivity index (χ3v) is 1.37. The fourth-order valence-corrected chi connectivity index (χ4v) is 0.717. The van der Waals surface area contributed by atoms with E-state index in [-0.39, 0.29) is 6.42 Å². The predicted molar refractivity (Wildman–Crippen MR) is 37.9 cm³/mol. The number of hydrogen-bond acceptors (Lipinski definition) is 3. The molecule has 0 spiro atoms. The van der Waals surface area contributed by atoms with Crippen LogP contribution in [-0.4, -0.2) is 22.0 Å². The van der Waals surface area contributed by atoms with Crippen molar-refractivity contribution >= 4 is 5.97 Å². The highest BCUT2D eigenvalue weighted by molar-refractivity contribution is 5.71. The van der Waals surface area contributed by atoms with Crippen molar-refractivity contribution in [2.75, 3.05) is 0 Å². The first-order valence-electron chi connectivity index (χ1n) is 3.46. The molecule has 1 N–H and O–H groups in total. The van der Waals surface area contributed by atoms with Crippen molar-refractivity contribution in [2.24, 2.45) is 0 Å². The molecule has 5 heteroatoms. The van der Waals surface area contributed by atoms with Gasteiger partial charge in [0.15, 0.2) is 0 Å². The quantitative estimate of drug-likeness (QED) is 0.480. The molecule has 0 aromatic carbocycles. The molecule has 1 atom stereocenters.